The topological polar surface area (TPSA) is 46.5 Å². The van der Waals surface area contributed by atoms with Gasteiger partial charge in [-0.2, -0.15) is 0 Å². The Hall–Kier alpha value is -1.39. The molecule has 2 aliphatic rings. The fraction of sp³-hybridized carbons (Fsp3) is 0.650. The van der Waals surface area contributed by atoms with Crippen LogP contribution in [0.4, 0.5) is 0 Å². The maximum Gasteiger partial charge on any atom is 0.343 e. The minimum Gasteiger partial charge on any atom is -0.454 e. The number of hydrogen-bond acceptors (Lipinski definition) is 3. The Bertz CT molecular complexity index is 566. The molecule has 0 aromatic heterocycles. The van der Waals surface area contributed by atoms with E-state index >= 15 is 0 Å². The lowest BCUT2D eigenvalue weighted by atomic mass is 9.73. The number of rotatable bonds is 4. The second-order valence-electron chi connectivity index (χ2n) is 8.13. The van der Waals surface area contributed by atoms with Crippen LogP contribution in [0.5, 0.6) is 0 Å². The number of aliphatic hydroxyl groups is 1. The molecule has 0 unspecified atom stereocenters. The van der Waals surface area contributed by atoms with E-state index in [-0.39, 0.29) is 12.0 Å². The van der Waals surface area contributed by atoms with Crippen molar-refractivity contribution < 1.29 is 19.1 Å². The molecule has 1 N–H and O–H groups in total. The van der Waals surface area contributed by atoms with Crippen molar-refractivity contribution in [3.8, 4) is 0 Å². The molecular weight excluding hydrogens is 302 g/mol. The third kappa shape index (κ3) is 3.50. The van der Waals surface area contributed by atoms with Gasteiger partial charge in [-0.15, -0.1) is 0 Å². The van der Waals surface area contributed by atoms with Gasteiger partial charge < -0.3 is 14.3 Å². The first-order chi connectivity index (χ1) is 11.4. The van der Waals surface area contributed by atoms with Crippen molar-refractivity contribution in [2.45, 2.75) is 50.2 Å². The molecule has 4 nitrogen and oxygen atoms in total. The summed E-state index contributed by atoms with van der Waals surface area (Å²) in [5, 5.41) is 11.5. The summed E-state index contributed by atoms with van der Waals surface area (Å²) in [6, 6.07) is 9.38. The second kappa shape index (κ2) is 6.85. The molecular formula is C20H30NO3+. The molecule has 0 bridgehead atoms. The highest BCUT2D eigenvalue weighted by Gasteiger charge is 2.48. The number of likely N-dealkylation sites (N-methyl/N-ethyl adjacent to an activating group) is 1. The van der Waals surface area contributed by atoms with Crippen LogP contribution in [-0.4, -0.2) is 48.8 Å². The maximum absolute atomic E-state index is 13.1. The van der Waals surface area contributed by atoms with Crippen molar-refractivity contribution in [2.24, 2.45) is 5.92 Å². The third-order valence-electron chi connectivity index (χ3n) is 5.75. The van der Waals surface area contributed by atoms with Crippen molar-refractivity contribution in [2.75, 3.05) is 27.2 Å². The number of ether oxygens (including phenoxy) is 1. The zero-order valence-electron chi connectivity index (χ0n) is 14.9. The Morgan fingerprint density at radius 2 is 1.79 bits per heavy atom. The highest BCUT2D eigenvalue weighted by atomic mass is 16.6. The van der Waals surface area contributed by atoms with E-state index in [1.807, 2.05) is 30.3 Å². The average Bonchev–Trinajstić information content (AvgIpc) is 2.94. The number of carbonyl (C=O) groups is 1. The smallest absolute Gasteiger partial charge is 0.343 e. The van der Waals surface area contributed by atoms with Crippen LogP contribution in [0, 0.1) is 5.92 Å². The Morgan fingerprint density at radius 3 is 2.38 bits per heavy atom. The lowest BCUT2D eigenvalue weighted by molar-refractivity contribution is -0.879. The molecule has 1 heterocycles. The molecule has 1 aliphatic heterocycles. The number of nitrogens with zero attached hydrogens (tertiary/aromatic N) is 1. The first-order valence-electron chi connectivity index (χ1n) is 9.23. The van der Waals surface area contributed by atoms with Crippen molar-refractivity contribution in [3.05, 3.63) is 35.9 Å². The third-order valence-corrected chi connectivity index (χ3v) is 5.75. The van der Waals surface area contributed by atoms with Crippen LogP contribution in [-0.2, 0) is 15.1 Å². The van der Waals surface area contributed by atoms with Crippen molar-refractivity contribution in [1.29, 1.82) is 0 Å². The summed E-state index contributed by atoms with van der Waals surface area (Å²) in [5.41, 5.74) is -0.838. The lowest BCUT2D eigenvalue weighted by Gasteiger charge is -2.37. The van der Waals surface area contributed by atoms with E-state index in [9.17, 15) is 9.90 Å². The van der Waals surface area contributed by atoms with Crippen molar-refractivity contribution in [3.63, 3.8) is 0 Å². The van der Waals surface area contributed by atoms with Crippen LogP contribution in [0.25, 0.3) is 0 Å². The molecule has 132 valence electrons. The number of likely N-dealkylation sites (tertiary alicyclic amines) is 1. The molecule has 3 rings (SSSR count). The molecule has 1 aromatic rings. The number of esters is 1. The van der Waals surface area contributed by atoms with E-state index in [1.165, 1.54) is 6.42 Å². The van der Waals surface area contributed by atoms with Gasteiger partial charge in [0.2, 0.25) is 0 Å². The van der Waals surface area contributed by atoms with E-state index < -0.39 is 11.6 Å². The number of quaternary nitrogens is 1. The average molecular weight is 332 g/mol. The zero-order chi connectivity index (χ0) is 17.2. The molecule has 1 aliphatic carbocycles. The van der Waals surface area contributed by atoms with Crippen LogP contribution in [0.1, 0.15) is 44.1 Å². The predicted molar refractivity (Wildman–Crippen MR) is 93.3 cm³/mol. The van der Waals surface area contributed by atoms with Gasteiger partial charge in [-0.25, -0.2) is 4.79 Å². The molecule has 1 saturated heterocycles. The van der Waals surface area contributed by atoms with Crippen LogP contribution < -0.4 is 0 Å². The van der Waals surface area contributed by atoms with Gasteiger partial charge >= 0.3 is 5.97 Å². The first kappa shape index (κ1) is 17.4. The highest BCUT2D eigenvalue weighted by molar-refractivity contribution is 5.81. The van der Waals surface area contributed by atoms with Crippen LogP contribution in [0.2, 0.25) is 0 Å². The second-order valence-corrected chi connectivity index (χ2v) is 8.13. The van der Waals surface area contributed by atoms with E-state index in [0.717, 1.165) is 49.7 Å². The minimum absolute atomic E-state index is 0.0509. The van der Waals surface area contributed by atoms with E-state index in [1.54, 1.807) is 0 Å². The Kier molecular flexibility index (Phi) is 4.97. The summed E-state index contributed by atoms with van der Waals surface area (Å²) >= 11 is 0. The van der Waals surface area contributed by atoms with Gasteiger partial charge in [0, 0.05) is 12.3 Å². The van der Waals surface area contributed by atoms with Gasteiger partial charge in [0.15, 0.2) is 11.7 Å². The number of carbonyl (C=O) groups excluding carboxylic acids is 1. The fourth-order valence-electron chi connectivity index (χ4n) is 4.30. The van der Waals surface area contributed by atoms with Gasteiger partial charge in [-0.1, -0.05) is 49.6 Å². The summed E-state index contributed by atoms with van der Waals surface area (Å²) in [4.78, 5) is 13.1. The van der Waals surface area contributed by atoms with E-state index in [2.05, 4.69) is 14.1 Å². The minimum atomic E-state index is -1.51. The molecule has 0 amide bonds. The molecule has 2 fully saturated rings. The Labute approximate surface area is 145 Å². The van der Waals surface area contributed by atoms with E-state index in [0.29, 0.717) is 5.56 Å². The molecule has 0 radical (unpaired) electrons. The monoisotopic (exact) mass is 332 g/mol. The lowest BCUT2D eigenvalue weighted by Crippen LogP contribution is -2.47. The SMILES string of the molecule is C[N+]1(C)CC[C@@H](OC(=O)[C@@](O)(c2ccccc2)C2CCCCC2)C1. The molecule has 4 heteroatoms. The number of hydrogen-bond donors (Lipinski definition) is 1. The standard InChI is InChI=1S/C20H30NO3/c1-21(2)14-13-18(15-21)24-19(22)20(23,16-9-5-3-6-10-16)17-11-7-4-8-12-17/h3,5-6,9-10,17-18,23H,4,7-8,11-15H2,1-2H3/q+1/t18-,20-/m1/s1. The normalized spacial score (nSPS) is 26.7. The maximum atomic E-state index is 13.1. The van der Waals surface area contributed by atoms with Gasteiger partial charge in [-0.05, 0) is 18.4 Å². The van der Waals surface area contributed by atoms with Gasteiger partial charge in [0.05, 0.1) is 20.6 Å². The summed E-state index contributed by atoms with van der Waals surface area (Å²) in [6.07, 6.45) is 5.87. The summed E-state index contributed by atoms with van der Waals surface area (Å²) in [5.74, 6) is -0.502. The van der Waals surface area contributed by atoms with Crippen LogP contribution >= 0.6 is 0 Å². The molecule has 2 atom stereocenters. The fourth-order valence-corrected chi connectivity index (χ4v) is 4.30. The van der Waals surface area contributed by atoms with Gasteiger partial charge in [-0.3, -0.25) is 0 Å². The largest absolute Gasteiger partial charge is 0.454 e. The summed E-state index contributed by atoms with van der Waals surface area (Å²) < 4.78 is 6.68. The van der Waals surface area contributed by atoms with E-state index in [4.69, 9.17) is 4.74 Å². The van der Waals surface area contributed by atoms with Gasteiger partial charge in [0.1, 0.15) is 6.54 Å². The van der Waals surface area contributed by atoms with Crippen molar-refractivity contribution >= 4 is 5.97 Å². The Morgan fingerprint density at radius 1 is 1.12 bits per heavy atom. The molecule has 24 heavy (non-hydrogen) atoms. The summed E-state index contributed by atoms with van der Waals surface area (Å²) in [6.45, 7) is 1.83. The predicted octanol–water partition coefficient (Wildman–Crippen LogP) is 2.85. The van der Waals surface area contributed by atoms with Crippen LogP contribution in [0.3, 0.4) is 0 Å². The Balaban J connectivity index is 1.83. The first-order valence-corrected chi connectivity index (χ1v) is 9.23. The quantitative estimate of drug-likeness (QED) is 0.681. The molecule has 0 spiro atoms. The summed E-state index contributed by atoms with van der Waals surface area (Å²) in [7, 11) is 4.30. The van der Waals surface area contributed by atoms with Crippen LogP contribution in [0.15, 0.2) is 30.3 Å². The van der Waals surface area contributed by atoms with Gasteiger partial charge in [0.25, 0.3) is 0 Å². The zero-order valence-corrected chi connectivity index (χ0v) is 14.9. The number of benzene rings is 1. The van der Waals surface area contributed by atoms with Crippen molar-refractivity contribution in [1.82, 2.24) is 0 Å². The molecule has 1 aromatic carbocycles. The highest BCUT2D eigenvalue weighted by Crippen LogP contribution is 2.40. The molecule has 1 saturated carbocycles.